The van der Waals surface area contributed by atoms with E-state index in [1.807, 2.05) is 0 Å². The lowest BCUT2D eigenvalue weighted by atomic mass is 10.3. The molecule has 1 aromatic rings. The lowest BCUT2D eigenvalue weighted by molar-refractivity contribution is 0.0969. The number of nitrogens with two attached hydrogens (primary N) is 1. The fraction of sp³-hybridized carbons (Fsp3) is 0.400. The topological polar surface area (TPSA) is 104 Å². The fourth-order valence-electron chi connectivity index (χ4n) is 1.22. The minimum Gasteiger partial charge on any atom is -0.488 e. The van der Waals surface area contributed by atoms with Gasteiger partial charge < -0.3 is 24.9 Å². The maximum Gasteiger partial charge on any atom is 0.381 e. The highest BCUT2D eigenvalue weighted by Gasteiger charge is 2.14. The van der Waals surface area contributed by atoms with E-state index in [1.54, 1.807) is 7.11 Å². The summed E-state index contributed by atoms with van der Waals surface area (Å²) in [5, 5.41) is 2.88. The molecule has 0 unspecified atom stereocenters. The summed E-state index contributed by atoms with van der Waals surface area (Å²) in [5.74, 6) is -1.05. The first-order chi connectivity index (χ1) is 8.10. The third kappa shape index (κ3) is 3.22. The van der Waals surface area contributed by atoms with Crippen LogP contribution in [-0.2, 0) is 4.74 Å². The molecule has 3 N–H and O–H groups in total. The lowest BCUT2D eigenvalue weighted by Crippen LogP contribution is -2.18. The Balaban J connectivity index is 3.06. The number of primary amides is 1. The number of anilines is 1. The molecule has 7 heteroatoms. The van der Waals surface area contributed by atoms with Gasteiger partial charge in [-0.25, -0.2) is 4.79 Å². The third-order valence-corrected chi connectivity index (χ3v) is 1.98. The van der Waals surface area contributed by atoms with Crippen LogP contribution in [0.2, 0.25) is 0 Å². The largest absolute Gasteiger partial charge is 0.488 e. The van der Waals surface area contributed by atoms with Crippen molar-refractivity contribution in [2.45, 2.75) is 0 Å². The first-order valence-electron chi connectivity index (χ1n) is 4.85. The molecule has 1 rings (SSSR count). The monoisotopic (exact) mass is 242 g/mol. The second kappa shape index (κ2) is 5.90. The molecule has 0 atom stereocenters. The number of methoxy groups -OCH3 is 2. The molecule has 0 aliphatic rings. The first kappa shape index (κ1) is 13.0. The van der Waals surface area contributed by atoms with Crippen LogP contribution in [0.1, 0.15) is 10.6 Å². The van der Waals surface area contributed by atoms with Crippen LogP contribution in [0.4, 0.5) is 5.69 Å². The van der Waals surface area contributed by atoms with Crippen LogP contribution >= 0.6 is 0 Å². The molecule has 0 saturated carbocycles. The van der Waals surface area contributed by atoms with Crippen molar-refractivity contribution in [1.29, 1.82) is 0 Å². The van der Waals surface area contributed by atoms with E-state index in [0.29, 0.717) is 18.8 Å². The molecule has 0 fully saturated rings. The third-order valence-electron chi connectivity index (χ3n) is 1.98. The number of hydrogen-bond acceptors (Lipinski definition) is 6. The van der Waals surface area contributed by atoms with Crippen LogP contribution in [-0.4, -0.2) is 33.3 Å². The lowest BCUT2D eigenvalue weighted by Gasteiger charge is -2.09. The average molecular weight is 242 g/mol. The normalized spacial score (nSPS) is 10.0. The molecule has 0 aliphatic carbocycles. The van der Waals surface area contributed by atoms with Crippen LogP contribution in [0.5, 0.6) is 5.75 Å². The Morgan fingerprint density at radius 1 is 1.53 bits per heavy atom. The molecular formula is C10H14N2O5. The molecule has 1 aromatic heterocycles. The quantitative estimate of drug-likeness (QED) is 0.670. The van der Waals surface area contributed by atoms with Crippen LogP contribution in [0, 0.1) is 0 Å². The molecule has 1 amide bonds. The second-order valence-electron chi connectivity index (χ2n) is 3.13. The van der Waals surface area contributed by atoms with Crippen LogP contribution in [0.15, 0.2) is 15.3 Å². The molecule has 0 spiro atoms. The van der Waals surface area contributed by atoms with Crippen molar-refractivity contribution in [2.75, 3.05) is 32.7 Å². The number of hydrogen-bond donors (Lipinski definition) is 2. The molecule has 94 valence electrons. The summed E-state index contributed by atoms with van der Waals surface area (Å²) in [6, 6.07) is 1.32. The van der Waals surface area contributed by atoms with Crippen molar-refractivity contribution >= 4 is 11.6 Å². The van der Waals surface area contributed by atoms with Gasteiger partial charge in [-0.2, -0.15) is 0 Å². The van der Waals surface area contributed by atoms with Gasteiger partial charge in [0.2, 0.25) is 5.75 Å². The van der Waals surface area contributed by atoms with E-state index in [1.165, 1.54) is 13.2 Å². The maximum atomic E-state index is 11.5. The van der Waals surface area contributed by atoms with E-state index >= 15 is 0 Å². The Morgan fingerprint density at radius 2 is 2.24 bits per heavy atom. The van der Waals surface area contributed by atoms with E-state index in [2.05, 4.69) is 9.73 Å². The van der Waals surface area contributed by atoms with Crippen molar-refractivity contribution in [3.63, 3.8) is 0 Å². The van der Waals surface area contributed by atoms with Gasteiger partial charge in [0, 0.05) is 19.7 Å². The number of ether oxygens (including phenoxy) is 2. The van der Waals surface area contributed by atoms with Gasteiger partial charge in [-0.1, -0.05) is 0 Å². The average Bonchev–Trinajstić information content (AvgIpc) is 2.28. The molecule has 1 heterocycles. The van der Waals surface area contributed by atoms with E-state index in [4.69, 9.17) is 15.2 Å². The predicted octanol–water partition coefficient (Wildman–Crippen LogP) is -0.194. The minimum absolute atomic E-state index is 0.00824. The zero-order valence-corrected chi connectivity index (χ0v) is 9.61. The van der Waals surface area contributed by atoms with Gasteiger partial charge >= 0.3 is 5.63 Å². The summed E-state index contributed by atoms with van der Waals surface area (Å²) in [4.78, 5) is 22.4. The second-order valence-corrected chi connectivity index (χ2v) is 3.13. The Hall–Kier alpha value is -2.02. The Morgan fingerprint density at radius 3 is 2.76 bits per heavy atom. The number of amides is 1. The van der Waals surface area contributed by atoms with Gasteiger partial charge in [0.25, 0.3) is 5.91 Å². The molecule has 0 saturated heterocycles. The summed E-state index contributed by atoms with van der Waals surface area (Å²) >= 11 is 0. The molecule has 0 bridgehead atoms. The van der Waals surface area contributed by atoms with E-state index in [0.717, 1.165) is 0 Å². The van der Waals surface area contributed by atoms with E-state index in [-0.39, 0.29) is 11.5 Å². The van der Waals surface area contributed by atoms with Crippen molar-refractivity contribution in [3.05, 3.63) is 22.2 Å². The molecular weight excluding hydrogens is 228 g/mol. The fourth-order valence-corrected chi connectivity index (χ4v) is 1.22. The maximum absolute atomic E-state index is 11.5. The molecule has 7 nitrogen and oxygen atoms in total. The summed E-state index contributed by atoms with van der Waals surface area (Å²) in [5.41, 5.74) is 4.61. The molecule has 0 aromatic carbocycles. The summed E-state index contributed by atoms with van der Waals surface area (Å²) < 4.78 is 14.4. The minimum atomic E-state index is -0.820. The van der Waals surface area contributed by atoms with Gasteiger partial charge in [0.15, 0.2) is 5.76 Å². The highest BCUT2D eigenvalue weighted by Crippen LogP contribution is 2.20. The summed E-state index contributed by atoms with van der Waals surface area (Å²) in [6.45, 7) is 0.893. The van der Waals surface area contributed by atoms with E-state index < -0.39 is 11.5 Å². The van der Waals surface area contributed by atoms with Gasteiger partial charge in [0.1, 0.15) is 0 Å². The van der Waals surface area contributed by atoms with E-state index in [9.17, 15) is 9.59 Å². The van der Waals surface area contributed by atoms with Gasteiger partial charge in [0.05, 0.1) is 19.4 Å². The van der Waals surface area contributed by atoms with Crippen molar-refractivity contribution in [1.82, 2.24) is 0 Å². The van der Waals surface area contributed by atoms with Gasteiger partial charge in [-0.3, -0.25) is 4.79 Å². The van der Waals surface area contributed by atoms with Crippen molar-refractivity contribution < 1.29 is 18.7 Å². The Labute approximate surface area is 97.5 Å². The zero-order chi connectivity index (χ0) is 12.8. The smallest absolute Gasteiger partial charge is 0.381 e. The SMILES string of the molecule is COCCNc1cc(C(N)=O)oc(=O)c1OC. The number of nitrogens with one attached hydrogen (secondary N) is 1. The standard InChI is InChI=1S/C10H14N2O5/c1-15-4-3-12-6-5-7(9(11)13)17-10(14)8(6)16-2/h5,12H,3-4H2,1-2H3,(H2,11,13). The highest BCUT2D eigenvalue weighted by atomic mass is 16.5. The van der Waals surface area contributed by atoms with Gasteiger partial charge in [-0.15, -0.1) is 0 Å². The van der Waals surface area contributed by atoms with Crippen LogP contribution < -0.4 is 21.4 Å². The number of carbonyl (C=O) groups excluding carboxylic acids is 1. The van der Waals surface area contributed by atoms with Crippen LogP contribution in [0.25, 0.3) is 0 Å². The number of rotatable bonds is 6. The molecule has 0 radical (unpaired) electrons. The first-order valence-corrected chi connectivity index (χ1v) is 4.85. The summed E-state index contributed by atoms with van der Waals surface area (Å²) in [7, 11) is 2.88. The highest BCUT2D eigenvalue weighted by molar-refractivity contribution is 5.91. The van der Waals surface area contributed by atoms with Crippen LogP contribution in [0.3, 0.4) is 0 Å². The Bertz CT molecular complexity index is 454. The zero-order valence-electron chi connectivity index (χ0n) is 9.61. The molecule has 17 heavy (non-hydrogen) atoms. The van der Waals surface area contributed by atoms with Crippen molar-refractivity contribution in [3.8, 4) is 5.75 Å². The predicted molar refractivity (Wildman–Crippen MR) is 60.4 cm³/mol. The summed E-state index contributed by atoms with van der Waals surface area (Å²) in [6.07, 6.45) is 0. The molecule has 0 aliphatic heterocycles. The van der Waals surface area contributed by atoms with Crippen molar-refractivity contribution in [2.24, 2.45) is 5.73 Å². The Kier molecular flexibility index (Phi) is 4.53. The van der Waals surface area contributed by atoms with Gasteiger partial charge in [-0.05, 0) is 0 Å². The number of carbonyl (C=O) groups is 1.